The lowest BCUT2D eigenvalue weighted by molar-refractivity contribution is 0.227. The van der Waals surface area contributed by atoms with E-state index in [0.717, 1.165) is 6.26 Å². The highest BCUT2D eigenvalue weighted by atomic mass is 32.2. The average Bonchev–Trinajstić information content (AvgIpc) is 1.96. The van der Waals surface area contributed by atoms with Crippen molar-refractivity contribution in [3.8, 4) is 0 Å². The van der Waals surface area contributed by atoms with Crippen molar-refractivity contribution in [2.24, 2.45) is 0 Å². The summed E-state index contributed by atoms with van der Waals surface area (Å²) in [7, 11) is -3.87. The molecule has 0 saturated carbocycles. The fourth-order valence-corrected chi connectivity index (χ4v) is 0.702. The molecule has 56 valence electrons. The number of hydrogen-bond acceptors (Lipinski definition) is 3. The predicted octanol–water partition coefficient (Wildman–Crippen LogP) is 0.761. The van der Waals surface area contributed by atoms with Crippen molar-refractivity contribution in [1.29, 1.82) is 0 Å². The summed E-state index contributed by atoms with van der Waals surface area (Å²) < 4.78 is 60.4. The first-order chi connectivity index (χ1) is 6.15. The molecule has 0 heterocycles. The Bertz CT molecular complexity index is 265. The molecular weight excluding hydrogens is 140 g/mol. The fraction of sp³-hybridized carbons (Fsp3) is 1.00. The first kappa shape index (κ1) is 3.34. The monoisotopic (exact) mass is 157 g/mol. The van der Waals surface area contributed by atoms with Gasteiger partial charge >= 0.3 is 0 Å². The molecule has 3 nitrogen and oxygen atoms in total. The molecule has 0 spiro atoms. The minimum absolute atomic E-state index is 0.734. The van der Waals surface area contributed by atoms with Crippen molar-refractivity contribution in [1.82, 2.24) is 0 Å². The molecule has 0 amide bonds. The van der Waals surface area contributed by atoms with E-state index in [0.29, 0.717) is 0 Å². The van der Waals surface area contributed by atoms with E-state index < -0.39 is 36.4 Å². The second-order valence-corrected chi connectivity index (χ2v) is 3.06. The van der Waals surface area contributed by atoms with Crippen molar-refractivity contribution in [3.63, 3.8) is 0 Å². The largest absolute Gasteiger partial charge is 0.267 e. The summed E-state index contributed by atoms with van der Waals surface area (Å²) in [6, 6.07) is 0. The van der Waals surface area contributed by atoms with Gasteiger partial charge < -0.3 is 0 Å². The SMILES string of the molecule is [2H]C([2H])[C@@H](OS(C)(=O)=O)[C@@H]([2H])C([2H])[2H]. The molecule has 2 atom stereocenters. The van der Waals surface area contributed by atoms with E-state index in [9.17, 15) is 8.42 Å². The highest BCUT2D eigenvalue weighted by Gasteiger charge is 2.06. The van der Waals surface area contributed by atoms with Crippen molar-refractivity contribution in [2.75, 3.05) is 6.26 Å². The quantitative estimate of drug-likeness (QED) is 0.568. The second-order valence-electron chi connectivity index (χ2n) is 1.46. The highest BCUT2D eigenvalue weighted by molar-refractivity contribution is 7.86. The van der Waals surface area contributed by atoms with Gasteiger partial charge in [-0.3, -0.25) is 4.18 Å². The first-order valence-electron chi connectivity index (χ1n) is 5.03. The standard InChI is InChI=1S/C5H12O3S/c1-4-5(2)8-9(3,6)7/h5H,4H2,1-3H3/t5-/m1/s1/i1D2,2D2,4D/t4-,5+/m0. The summed E-state index contributed by atoms with van der Waals surface area (Å²) in [4.78, 5) is 0. The van der Waals surface area contributed by atoms with Gasteiger partial charge in [-0.2, -0.15) is 8.42 Å². The van der Waals surface area contributed by atoms with Gasteiger partial charge in [0.25, 0.3) is 10.1 Å². The van der Waals surface area contributed by atoms with Gasteiger partial charge in [-0.1, -0.05) is 6.88 Å². The molecule has 0 fully saturated rings. The van der Waals surface area contributed by atoms with Crippen molar-refractivity contribution < 1.29 is 19.5 Å². The van der Waals surface area contributed by atoms with Gasteiger partial charge in [-0.05, 0) is 13.3 Å². The molecule has 0 rings (SSSR count). The molecule has 0 aliphatic heterocycles. The highest BCUT2D eigenvalue weighted by Crippen LogP contribution is 1.99. The van der Waals surface area contributed by atoms with Crippen molar-refractivity contribution in [3.05, 3.63) is 0 Å². The van der Waals surface area contributed by atoms with Gasteiger partial charge in [0.15, 0.2) is 0 Å². The zero-order valence-electron chi connectivity index (χ0n) is 9.94. The third kappa shape index (κ3) is 5.79. The molecule has 9 heavy (non-hydrogen) atoms. The van der Waals surface area contributed by atoms with Gasteiger partial charge in [0.1, 0.15) is 0 Å². The van der Waals surface area contributed by atoms with E-state index in [1.165, 1.54) is 0 Å². The van der Waals surface area contributed by atoms with E-state index in [4.69, 9.17) is 6.85 Å². The normalized spacial score (nSPS) is 27.7. The predicted molar refractivity (Wildman–Crippen MR) is 35.7 cm³/mol. The van der Waals surface area contributed by atoms with Crippen LogP contribution in [0.15, 0.2) is 0 Å². The van der Waals surface area contributed by atoms with Crippen LogP contribution >= 0.6 is 0 Å². The third-order valence-corrected chi connectivity index (χ3v) is 1.05. The van der Waals surface area contributed by atoms with Gasteiger partial charge in [0.05, 0.1) is 12.4 Å². The lowest BCUT2D eigenvalue weighted by Crippen LogP contribution is -2.12. The van der Waals surface area contributed by atoms with Crippen molar-refractivity contribution >= 4 is 10.1 Å². The van der Waals surface area contributed by atoms with Gasteiger partial charge in [-0.15, -0.1) is 0 Å². The van der Waals surface area contributed by atoms with Gasteiger partial charge in [-0.25, -0.2) is 0 Å². The zero-order chi connectivity index (χ0) is 11.5. The summed E-state index contributed by atoms with van der Waals surface area (Å²) >= 11 is 0. The van der Waals surface area contributed by atoms with E-state index >= 15 is 0 Å². The summed E-state index contributed by atoms with van der Waals surface area (Å²) in [5, 5.41) is 0. The maximum atomic E-state index is 10.7. The summed E-state index contributed by atoms with van der Waals surface area (Å²) in [6.07, 6.45) is -2.41. The molecule has 0 radical (unpaired) electrons. The molecule has 0 aliphatic carbocycles. The van der Waals surface area contributed by atoms with Crippen LogP contribution in [0.1, 0.15) is 27.0 Å². The van der Waals surface area contributed by atoms with Gasteiger partial charge in [0.2, 0.25) is 0 Å². The first-order valence-corrected chi connectivity index (χ1v) is 3.96. The summed E-state index contributed by atoms with van der Waals surface area (Å²) in [6.45, 7) is -3.37. The molecule has 0 N–H and O–H groups in total. The molecule has 0 saturated heterocycles. The Morgan fingerprint density at radius 2 is 2.56 bits per heavy atom. The van der Waals surface area contributed by atoms with Crippen LogP contribution in [0.3, 0.4) is 0 Å². The fourth-order valence-electron chi connectivity index (χ4n) is 0.234. The third-order valence-electron chi connectivity index (χ3n) is 0.476. The Balaban J connectivity index is 4.62. The van der Waals surface area contributed by atoms with Crippen LogP contribution in [-0.2, 0) is 14.3 Å². The zero-order valence-corrected chi connectivity index (χ0v) is 5.76. The molecule has 0 aliphatic rings. The molecule has 0 unspecified atom stereocenters. The Morgan fingerprint density at radius 1 is 1.89 bits per heavy atom. The minimum Gasteiger partial charge on any atom is -0.267 e. The van der Waals surface area contributed by atoms with Crippen LogP contribution in [-0.4, -0.2) is 20.8 Å². The maximum absolute atomic E-state index is 10.7. The van der Waals surface area contributed by atoms with E-state index in [2.05, 4.69) is 4.18 Å². The van der Waals surface area contributed by atoms with Crippen LogP contribution < -0.4 is 0 Å². The van der Waals surface area contributed by atoms with Gasteiger partial charge in [0, 0.05) is 6.85 Å². The lowest BCUT2D eigenvalue weighted by atomic mass is 10.3. The van der Waals surface area contributed by atoms with Crippen LogP contribution in [0.5, 0.6) is 0 Å². The molecule has 0 aromatic heterocycles. The lowest BCUT2D eigenvalue weighted by Gasteiger charge is -2.05. The second kappa shape index (κ2) is 3.17. The van der Waals surface area contributed by atoms with Crippen molar-refractivity contribution in [2.45, 2.75) is 26.3 Å². The molecular formula is C5H12O3S. The number of rotatable bonds is 3. The maximum Gasteiger partial charge on any atom is 0.264 e. The topological polar surface area (TPSA) is 43.4 Å². The van der Waals surface area contributed by atoms with Crippen LogP contribution in [0.25, 0.3) is 0 Å². The molecule has 4 heteroatoms. The number of hydrogen-bond donors (Lipinski definition) is 0. The summed E-state index contributed by atoms with van der Waals surface area (Å²) in [5.41, 5.74) is 0. The smallest absolute Gasteiger partial charge is 0.264 e. The summed E-state index contributed by atoms with van der Waals surface area (Å²) in [5.74, 6) is 0. The Kier molecular flexibility index (Phi) is 1.18. The Labute approximate surface area is 63.2 Å². The van der Waals surface area contributed by atoms with E-state index in [-0.39, 0.29) is 0 Å². The minimum atomic E-state index is -3.87. The molecule has 0 aromatic carbocycles. The van der Waals surface area contributed by atoms with Crippen LogP contribution in [0.4, 0.5) is 0 Å². The van der Waals surface area contributed by atoms with Crippen LogP contribution in [0.2, 0.25) is 0 Å². The average molecular weight is 157 g/mol. The molecule has 0 aromatic rings. The Hall–Kier alpha value is -0.0900. The van der Waals surface area contributed by atoms with E-state index in [1.54, 1.807) is 0 Å². The Morgan fingerprint density at radius 3 is 2.89 bits per heavy atom. The van der Waals surface area contributed by atoms with Crippen LogP contribution in [0, 0.1) is 0 Å². The molecule has 0 bridgehead atoms. The van der Waals surface area contributed by atoms with E-state index in [1.807, 2.05) is 0 Å².